The lowest BCUT2D eigenvalue weighted by Gasteiger charge is -2.38. The number of nitrogens with two attached hydrogens (primary N) is 1. The summed E-state index contributed by atoms with van der Waals surface area (Å²) in [7, 11) is -2.38. The molecule has 204 valence electrons. The van der Waals surface area contributed by atoms with E-state index in [9.17, 15) is 9.00 Å². The van der Waals surface area contributed by atoms with Gasteiger partial charge in [0.05, 0.1) is 11.5 Å². The molecule has 0 bridgehead atoms. The molecule has 0 unspecified atom stereocenters. The van der Waals surface area contributed by atoms with Gasteiger partial charge in [0.1, 0.15) is 5.75 Å². The average molecular weight is 565 g/mol. The Labute approximate surface area is 232 Å². The standard InChI is InChI=1S/C29H32N4O4S2/c1-39(2,35)17-20-12-21(27-31-26(32-37-27)25-4-3-11-38-25)15-22(13-20)28(34)33-9-7-29(8-10-33)18-36-24-6-5-19(16-30)14-23(24)29/h3-6,11-15,39H,7-10,16-18,30H2,1-2H3. The van der Waals surface area contributed by atoms with Gasteiger partial charge in [-0.1, -0.05) is 23.4 Å². The third-order valence-electron chi connectivity index (χ3n) is 7.58. The molecule has 2 N–H and O–H groups in total. The minimum absolute atomic E-state index is 0.0529. The molecule has 2 aliphatic heterocycles. The number of nitrogens with zero attached hydrogens (tertiary/aromatic N) is 3. The van der Waals surface area contributed by atoms with Crippen LogP contribution in [0.3, 0.4) is 0 Å². The molecule has 4 aromatic rings. The summed E-state index contributed by atoms with van der Waals surface area (Å²) in [4.78, 5) is 21.2. The van der Waals surface area contributed by atoms with Crippen LogP contribution in [0.1, 0.15) is 39.9 Å². The van der Waals surface area contributed by atoms with Gasteiger partial charge >= 0.3 is 0 Å². The highest BCUT2D eigenvalue weighted by atomic mass is 32.2. The summed E-state index contributed by atoms with van der Waals surface area (Å²) in [5.74, 6) is 2.10. The highest BCUT2D eigenvalue weighted by Gasteiger charge is 2.44. The monoisotopic (exact) mass is 564 g/mol. The number of carbonyl (C=O) groups excluding carboxylic acids is 1. The van der Waals surface area contributed by atoms with Gasteiger partial charge in [-0.15, -0.1) is 21.3 Å². The van der Waals surface area contributed by atoms with Crippen molar-refractivity contribution in [3.8, 4) is 27.9 Å². The molecule has 10 heteroatoms. The number of hydrogen-bond acceptors (Lipinski definition) is 8. The first-order chi connectivity index (χ1) is 18.7. The van der Waals surface area contributed by atoms with E-state index in [2.05, 4.69) is 16.2 Å². The number of likely N-dealkylation sites (tertiary alicyclic amines) is 1. The van der Waals surface area contributed by atoms with Crippen molar-refractivity contribution in [3.05, 3.63) is 76.2 Å². The fraction of sp³-hybridized carbons (Fsp3) is 0.345. The molecule has 6 rings (SSSR count). The third kappa shape index (κ3) is 5.16. The van der Waals surface area contributed by atoms with Crippen molar-refractivity contribution in [1.82, 2.24) is 15.0 Å². The highest BCUT2D eigenvalue weighted by molar-refractivity contribution is 8.01. The van der Waals surface area contributed by atoms with Crippen LogP contribution >= 0.6 is 11.3 Å². The van der Waals surface area contributed by atoms with E-state index in [4.69, 9.17) is 15.0 Å². The molecule has 0 atom stereocenters. The predicted octanol–water partition coefficient (Wildman–Crippen LogP) is 4.27. The Hall–Kier alpha value is -3.34. The Morgan fingerprint density at radius 1 is 1.13 bits per heavy atom. The Morgan fingerprint density at radius 2 is 1.95 bits per heavy atom. The van der Waals surface area contributed by atoms with Gasteiger partial charge in [0.15, 0.2) is 0 Å². The lowest BCUT2D eigenvalue weighted by atomic mass is 9.74. The van der Waals surface area contributed by atoms with Crippen molar-refractivity contribution in [2.24, 2.45) is 5.73 Å². The smallest absolute Gasteiger partial charge is 0.258 e. The number of thiol groups is 1. The van der Waals surface area contributed by atoms with Gasteiger partial charge in [-0.25, -0.2) is 0 Å². The number of thiophene rings is 1. The summed E-state index contributed by atoms with van der Waals surface area (Å²) < 4.78 is 24.3. The average Bonchev–Trinajstić information content (AvgIpc) is 3.68. The van der Waals surface area contributed by atoms with Gasteiger partial charge in [-0.3, -0.25) is 9.00 Å². The molecule has 0 radical (unpaired) electrons. The number of hydrogen-bond donors (Lipinski definition) is 2. The van der Waals surface area contributed by atoms with Crippen molar-refractivity contribution in [3.63, 3.8) is 0 Å². The molecule has 0 aliphatic carbocycles. The molecule has 1 spiro atoms. The zero-order valence-electron chi connectivity index (χ0n) is 22.1. The summed E-state index contributed by atoms with van der Waals surface area (Å²) in [5, 5.41) is 6.09. The molecule has 0 saturated carbocycles. The molecule has 4 heterocycles. The van der Waals surface area contributed by atoms with Crippen LogP contribution < -0.4 is 10.5 Å². The van der Waals surface area contributed by atoms with E-state index >= 15 is 0 Å². The molecule has 39 heavy (non-hydrogen) atoms. The first-order valence-corrected chi connectivity index (χ1v) is 16.7. The van der Waals surface area contributed by atoms with Crippen LogP contribution in [0.4, 0.5) is 0 Å². The summed E-state index contributed by atoms with van der Waals surface area (Å²) in [6.45, 7) is 2.36. The zero-order valence-corrected chi connectivity index (χ0v) is 23.8. The maximum absolute atomic E-state index is 13.8. The van der Waals surface area contributed by atoms with E-state index in [0.29, 0.717) is 54.8 Å². The van der Waals surface area contributed by atoms with Gasteiger partial charge in [-0.05, 0) is 72.2 Å². The first-order valence-electron chi connectivity index (χ1n) is 13.0. The molecule has 8 nitrogen and oxygen atoms in total. The molecule has 2 aromatic heterocycles. The largest absolute Gasteiger partial charge is 0.492 e. The van der Waals surface area contributed by atoms with Crippen LogP contribution in [0.2, 0.25) is 0 Å². The summed E-state index contributed by atoms with van der Waals surface area (Å²) in [6.07, 6.45) is 5.15. The van der Waals surface area contributed by atoms with E-state index in [-0.39, 0.29) is 11.3 Å². The first kappa shape index (κ1) is 25.9. The summed E-state index contributed by atoms with van der Waals surface area (Å²) >= 11 is 1.53. The number of amides is 1. The quantitative estimate of drug-likeness (QED) is 0.337. The number of ether oxygens (including phenoxy) is 1. The van der Waals surface area contributed by atoms with E-state index in [1.54, 1.807) is 18.6 Å². The van der Waals surface area contributed by atoms with Gasteiger partial charge in [0.25, 0.3) is 11.8 Å². The van der Waals surface area contributed by atoms with Crippen LogP contribution in [0.15, 0.2) is 58.4 Å². The van der Waals surface area contributed by atoms with Gasteiger partial charge in [0, 0.05) is 47.5 Å². The van der Waals surface area contributed by atoms with Crippen LogP contribution in [0.5, 0.6) is 5.75 Å². The van der Waals surface area contributed by atoms with Crippen LogP contribution in [0.25, 0.3) is 22.2 Å². The predicted molar refractivity (Wildman–Crippen MR) is 155 cm³/mol. The second-order valence-corrected chi connectivity index (χ2v) is 15.4. The fourth-order valence-electron chi connectivity index (χ4n) is 5.59. The minimum Gasteiger partial charge on any atom is -0.492 e. The Balaban J connectivity index is 1.26. The lowest BCUT2D eigenvalue weighted by molar-refractivity contribution is 0.0646. The van der Waals surface area contributed by atoms with Crippen molar-refractivity contribution in [1.29, 1.82) is 0 Å². The second-order valence-electron chi connectivity index (χ2n) is 10.9. The van der Waals surface area contributed by atoms with Gasteiger partial charge < -0.3 is 19.9 Å². The van der Waals surface area contributed by atoms with Crippen molar-refractivity contribution < 1.29 is 18.3 Å². The highest BCUT2D eigenvalue weighted by Crippen LogP contribution is 2.46. The Kier molecular flexibility index (Phi) is 6.65. The third-order valence-corrected chi connectivity index (χ3v) is 9.57. The molecule has 1 amide bonds. The number of rotatable bonds is 6. The topological polar surface area (TPSA) is 112 Å². The van der Waals surface area contributed by atoms with Crippen LogP contribution in [-0.4, -0.2) is 57.4 Å². The van der Waals surface area contributed by atoms with E-state index in [1.807, 2.05) is 46.7 Å². The van der Waals surface area contributed by atoms with Crippen LogP contribution in [0, 0.1) is 0 Å². The van der Waals surface area contributed by atoms with Crippen LogP contribution in [-0.2, 0) is 27.6 Å². The Bertz CT molecular complexity index is 1570. The Morgan fingerprint density at radius 3 is 2.67 bits per heavy atom. The SMILES string of the molecule is C[SH](C)(=O)Cc1cc(C(=O)N2CCC3(CC2)COc2ccc(CN)cc23)cc(-c2nc(-c3cccs3)no2)c1. The number of carbonyl (C=O) groups is 1. The normalized spacial score (nSPS) is 16.7. The molecule has 2 aromatic carbocycles. The number of piperidine rings is 1. The molecule has 1 saturated heterocycles. The number of fused-ring (bicyclic) bond motifs is 2. The summed E-state index contributed by atoms with van der Waals surface area (Å²) in [5.41, 5.74) is 10.1. The summed E-state index contributed by atoms with van der Waals surface area (Å²) in [6, 6.07) is 15.6. The molecular formula is C29H32N4O4S2. The van der Waals surface area contributed by atoms with E-state index in [0.717, 1.165) is 34.6 Å². The van der Waals surface area contributed by atoms with Gasteiger partial charge in [-0.2, -0.15) is 4.98 Å². The molecule has 2 aliphatic rings. The van der Waals surface area contributed by atoms with Crippen molar-refractivity contribution in [2.45, 2.75) is 30.6 Å². The number of benzene rings is 2. The number of aromatic nitrogens is 2. The maximum atomic E-state index is 13.8. The maximum Gasteiger partial charge on any atom is 0.258 e. The van der Waals surface area contributed by atoms with E-state index < -0.39 is 9.93 Å². The van der Waals surface area contributed by atoms with Crippen molar-refractivity contribution >= 4 is 27.2 Å². The fourth-order valence-corrected chi connectivity index (χ4v) is 7.30. The molecular weight excluding hydrogens is 532 g/mol. The minimum atomic E-state index is -2.38. The van der Waals surface area contributed by atoms with Gasteiger partial charge in [0.2, 0.25) is 5.82 Å². The lowest BCUT2D eigenvalue weighted by Crippen LogP contribution is -2.46. The van der Waals surface area contributed by atoms with E-state index in [1.165, 1.54) is 16.9 Å². The zero-order chi connectivity index (χ0) is 27.2. The van der Waals surface area contributed by atoms with Crippen molar-refractivity contribution in [2.75, 3.05) is 32.2 Å². The molecule has 1 fully saturated rings. The second kappa shape index (κ2) is 10.0.